The molecule has 3 aliphatic heterocycles. The molecule has 0 unspecified atom stereocenters. The van der Waals surface area contributed by atoms with Gasteiger partial charge < -0.3 is 26.3 Å². The van der Waals surface area contributed by atoms with Crippen LogP contribution in [0.1, 0.15) is 19.3 Å². The van der Waals surface area contributed by atoms with Crippen LogP contribution in [0.4, 0.5) is 0 Å². The maximum absolute atomic E-state index is 3.76. The van der Waals surface area contributed by atoms with Gasteiger partial charge in [0.25, 0.3) is 0 Å². The summed E-state index contributed by atoms with van der Waals surface area (Å²) < 4.78 is 3.76. The fraction of sp³-hybridized carbons (Fsp3) is 0.391. The largest absolute Gasteiger partial charge is 0.391 e. The van der Waals surface area contributed by atoms with Crippen LogP contribution in [-0.2, 0) is 0 Å². The second-order valence-electron chi connectivity index (χ2n) is 6.67. The van der Waals surface area contributed by atoms with E-state index in [1.54, 1.807) is 60.4 Å². The molecule has 0 bridgehead atoms. The van der Waals surface area contributed by atoms with Gasteiger partial charge in [0.15, 0.2) is 0 Å². The van der Waals surface area contributed by atoms with Crippen LogP contribution in [-0.4, -0.2) is 68.9 Å². The van der Waals surface area contributed by atoms with Gasteiger partial charge in [0.05, 0.1) is 11.8 Å². The number of nitrogens with zero attached hydrogens (tertiary/aromatic N) is 4. The summed E-state index contributed by atoms with van der Waals surface area (Å²) in [6.45, 7) is 6.92. The van der Waals surface area contributed by atoms with Crippen molar-refractivity contribution in [3.8, 4) is 0 Å². The van der Waals surface area contributed by atoms with E-state index in [1.807, 2.05) is 29.1 Å². The zero-order valence-electron chi connectivity index (χ0n) is 20.1. The molecule has 0 atom stereocenters. The van der Waals surface area contributed by atoms with E-state index in [9.17, 15) is 0 Å². The molecule has 2 saturated heterocycles. The Morgan fingerprint density at radius 1 is 0.743 bits per heavy atom. The van der Waals surface area contributed by atoms with Crippen molar-refractivity contribution in [1.82, 2.24) is 50.8 Å². The fourth-order valence-corrected chi connectivity index (χ4v) is 2.97. The molecule has 0 radical (unpaired) electrons. The van der Waals surface area contributed by atoms with Gasteiger partial charge in [0.1, 0.15) is 0 Å². The van der Waals surface area contributed by atoms with Crippen molar-refractivity contribution in [3.63, 3.8) is 0 Å². The molecule has 3 aliphatic rings. The highest BCUT2D eigenvalue weighted by atomic mass is 32.1. The lowest BCUT2D eigenvalue weighted by atomic mass is 10.4. The topological polar surface area (TPSA) is 131 Å². The Labute approximate surface area is 216 Å². The average molecular weight is 519 g/mol. The molecule has 12 heteroatoms. The van der Waals surface area contributed by atoms with Crippen LogP contribution in [0.5, 0.6) is 0 Å². The van der Waals surface area contributed by atoms with E-state index in [0.717, 1.165) is 26.3 Å². The third-order valence-electron chi connectivity index (χ3n) is 3.88. The van der Waals surface area contributed by atoms with E-state index in [-0.39, 0.29) is 0 Å². The maximum atomic E-state index is 3.76. The van der Waals surface area contributed by atoms with Crippen molar-refractivity contribution >= 4 is 22.9 Å². The Bertz CT molecular complexity index is 594. The molecule has 192 valence electrons. The molecule has 10 nitrogen and oxygen atoms in total. The number of hydrogen-bond donors (Lipinski definition) is 6. The first-order valence-electron chi connectivity index (χ1n) is 11.5. The summed E-state index contributed by atoms with van der Waals surface area (Å²) in [5, 5.41) is 22.6. The summed E-state index contributed by atoms with van der Waals surface area (Å²) in [6, 6.07) is 3.74. The van der Waals surface area contributed by atoms with Crippen molar-refractivity contribution in [2.75, 3.05) is 39.4 Å². The number of aromatic amines is 2. The lowest BCUT2D eigenvalue weighted by Crippen LogP contribution is -2.11. The summed E-state index contributed by atoms with van der Waals surface area (Å²) in [5.74, 6) is 0. The number of imidazole rings is 1. The zero-order chi connectivity index (χ0) is 24.7. The van der Waals surface area contributed by atoms with Gasteiger partial charge in [-0.15, -0.1) is 11.3 Å². The van der Waals surface area contributed by atoms with Crippen molar-refractivity contribution in [2.45, 2.75) is 19.3 Å². The van der Waals surface area contributed by atoms with Crippen molar-refractivity contribution < 1.29 is 0 Å². The van der Waals surface area contributed by atoms with Gasteiger partial charge in [-0.2, -0.15) is 5.10 Å². The minimum Gasteiger partial charge on any atom is -0.391 e. The Morgan fingerprint density at radius 2 is 1.63 bits per heavy atom. The van der Waals surface area contributed by atoms with Crippen LogP contribution in [0, 0.1) is 0 Å². The molecule has 2 fully saturated rings. The fourth-order valence-electron chi connectivity index (χ4n) is 2.27. The van der Waals surface area contributed by atoms with Crippen LogP contribution in [0.25, 0.3) is 0 Å². The highest BCUT2D eigenvalue weighted by molar-refractivity contribution is 7.07. The third kappa shape index (κ3) is 25.6. The molecule has 7 heterocycles. The number of H-pyrrole nitrogens is 2. The van der Waals surface area contributed by atoms with E-state index < -0.39 is 0 Å². The highest BCUT2D eigenvalue weighted by Gasteiger charge is 1.93. The normalized spacial score (nSPS) is 14.2. The molecule has 35 heavy (non-hydrogen) atoms. The minimum atomic E-state index is 1.00. The molecular weight excluding hydrogens is 480 g/mol. The van der Waals surface area contributed by atoms with Crippen LogP contribution in [0.15, 0.2) is 84.2 Å². The molecule has 0 amide bonds. The smallest absolute Gasteiger partial charge is 0.0919 e. The predicted octanol–water partition coefficient (Wildman–Crippen LogP) is 3.11. The van der Waals surface area contributed by atoms with Gasteiger partial charge >= 0.3 is 0 Å². The molecule has 0 spiro atoms. The Morgan fingerprint density at radius 3 is 1.83 bits per heavy atom. The highest BCUT2D eigenvalue weighted by Crippen LogP contribution is 1.90. The molecule has 0 saturated carbocycles. The molecule has 7 rings (SSSR count). The summed E-state index contributed by atoms with van der Waals surface area (Å²) in [7, 11) is 0. The number of hydrogen-bond acceptors (Lipinski definition) is 10. The Hall–Kier alpha value is -2.90. The van der Waals surface area contributed by atoms with E-state index in [1.165, 1.54) is 43.9 Å². The molecule has 0 aromatic carbocycles. The molecule has 4 aromatic heterocycles. The Balaban J connectivity index is 0.000000204. The van der Waals surface area contributed by atoms with Gasteiger partial charge in [-0.25, -0.2) is 9.36 Å². The number of rotatable bonds is 0. The van der Waals surface area contributed by atoms with Crippen LogP contribution in [0.2, 0.25) is 0 Å². The minimum absolute atomic E-state index is 1.00. The van der Waals surface area contributed by atoms with Crippen molar-refractivity contribution in [3.05, 3.63) is 84.2 Å². The Kier molecular flexibility index (Phi) is 23.5. The lowest BCUT2D eigenvalue weighted by molar-refractivity contribution is 0.807. The van der Waals surface area contributed by atoms with Crippen molar-refractivity contribution in [2.24, 2.45) is 0 Å². The zero-order valence-corrected chi connectivity index (χ0v) is 21.7. The first-order valence-corrected chi connectivity index (χ1v) is 13.3. The number of aromatic nitrogens is 6. The molecule has 4 aromatic rings. The van der Waals surface area contributed by atoms with Crippen LogP contribution < -0.4 is 21.3 Å². The first kappa shape index (κ1) is 30.1. The van der Waals surface area contributed by atoms with Crippen LogP contribution >= 0.6 is 22.9 Å². The third-order valence-corrected chi connectivity index (χ3v) is 4.93. The van der Waals surface area contributed by atoms with Gasteiger partial charge in [0.2, 0.25) is 0 Å². The van der Waals surface area contributed by atoms with Crippen LogP contribution in [0.3, 0.4) is 0 Å². The second kappa shape index (κ2) is 27.3. The van der Waals surface area contributed by atoms with Gasteiger partial charge in [-0.1, -0.05) is 6.08 Å². The first-order chi connectivity index (χ1) is 17.5. The summed E-state index contributed by atoms with van der Waals surface area (Å²) in [4.78, 5) is 10.2. The van der Waals surface area contributed by atoms with Crippen molar-refractivity contribution in [1.29, 1.82) is 0 Å². The van der Waals surface area contributed by atoms with Gasteiger partial charge in [0, 0.05) is 74.2 Å². The summed E-state index contributed by atoms with van der Waals surface area (Å²) >= 11 is 3.06. The van der Waals surface area contributed by atoms with E-state index in [2.05, 4.69) is 56.9 Å². The second-order valence-corrected chi connectivity index (χ2v) is 8.12. The lowest BCUT2D eigenvalue weighted by Gasteiger charge is -1.78. The molecule has 0 aliphatic carbocycles. The SMILES string of the molecule is C1=CNCC1.C1CCNC1.C1CNCN1.c1c[nH]cn1.c1cn[nH]c1.c1cnsc1.c1cscn1. The quantitative estimate of drug-likeness (QED) is 0.209. The molecule has 6 N–H and O–H groups in total. The monoisotopic (exact) mass is 518 g/mol. The predicted molar refractivity (Wildman–Crippen MR) is 146 cm³/mol. The average Bonchev–Trinajstić information content (AvgIpc) is 3.81. The maximum Gasteiger partial charge on any atom is 0.0919 e. The molecular formula is C23H38N10S2. The van der Waals surface area contributed by atoms with Gasteiger partial charge in [-0.3, -0.25) is 10.1 Å². The summed E-state index contributed by atoms with van der Waals surface area (Å²) in [6.07, 6.45) is 20.2. The van der Waals surface area contributed by atoms with E-state index in [0.29, 0.717) is 0 Å². The number of thiazole rings is 1. The van der Waals surface area contributed by atoms with E-state index >= 15 is 0 Å². The summed E-state index contributed by atoms with van der Waals surface area (Å²) in [5.41, 5.74) is 1.79. The standard InChI is InChI=1S/C4H9N.C4H7N.C3H8N2.2C3H4N2.2C3H3NS/c2*1-2-4-5-3-1;2*1-2-5-3-4-1;1-2-4-5-3-1;1-2-5-3-4-1;1-2-4-5-3-1/h5H,1-4H2;1,3,5H,2,4H2;4-5H,1-3H2;2*1-3H,(H,4,5);2*1-3H. The van der Waals surface area contributed by atoms with Gasteiger partial charge in [-0.05, 0) is 62.2 Å². The van der Waals surface area contributed by atoms with E-state index in [4.69, 9.17) is 0 Å². The number of nitrogens with one attached hydrogen (secondary N) is 6.